The van der Waals surface area contributed by atoms with Crippen LogP contribution in [0.4, 0.5) is 10.1 Å². The SMILES string of the molecule is COc1cc(O)ccc1NC(=O)Cn1cc(F)c(=O)[nH]c1=O. The number of nitrogens with one attached hydrogen (secondary N) is 2. The lowest BCUT2D eigenvalue weighted by Gasteiger charge is -2.11. The first-order chi connectivity index (χ1) is 10.4. The Morgan fingerprint density at radius 1 is 1.45 bits per heavy atom. The Bertz CT molecular complexity index is 827. The predicted octanol–water partition coefficient (Wildman–Crippen LogP) is 0.0286. The third-order valence-corrected chi connectivity index (χ3v) is 2.74. The van der Waals surface area contributed by atoms with Crippen LogP contribution in [0, 0.1) is 5.82 Å². The monoisotopic (exact) mass is 309 g/mol. The minimum Gasteiger partial charge on any atom is -0.508 e. The number of methoxy groups -OCH3 is 1. The number of nitrogens with zero attached hydrogens (tertiary/aromatic N) is 1. The molecule has 0 saturated heterocycles. The molecule has 22 heavy (non-hydrogen) atoms. The molecule has 2 rings (SSSR count). The first kappa shape index (κ1) is 15.3. The van der Waals surface area contributed by atoms with Gasteiger partial charge in [-0.1, -0.05) is 0 Å². The van der Waals surface area contributed by atoms with E-state index in [2.05, 4.69) is 5.32 Å². The van der Waals surface area contributed by atoms with Crippen molar-refractivity contribution in [3.05, 3.63) is 51.1 Å². The van der Waals surface area contributed by atoms with E-state index in [1.165, 1.54) is 25.3 Å². The molecule has 2 aromatic rings. The molecule has 0 radical (unpaired) electrons. The first-order valence-corrected chi connectivity index (χ1v) is 6.07. The number of phenols is 1. The molecule has 0 spiro atoms. The lowest BCUT2D eigenvalue weighted by molar-refractivity contribution is -0.116. The van der Waals surface area contributed by atoms with E-state index in [1.54, 1.807) is 4.98 Å². The molecule has 116 valence electrons. The summed E-state index contributed by atoms with van der Waals surface area (Å²) < 4.78 is 18.8. The average Bonchev–Trinajstić information content (AvgIpc) is 2.46. The van der Waals surface area contributed by atoms with E-state index in [1.807, 2.05) is 0 Å². The molecule has 8 nitrogen and oxygen atoms in total. The second-order valence-corrected chi connectivity index (χ2v) is 4.30. The Hall–Kier alpha value is -3.10. The van der Waals surface area contributed by atoms with Gasteiger partial charge in [0, 0.05) is 6.07 Å². The zero-order chi connectivity index (χ0) is 16.3. The van der Waals surface area contributed by atoms with Gasteiger partial charge in [0.1, 0.15) is 18.0 Å². The molecule has 1 heterocycles. The Kier molecular flexibility index (Phi) is 4.25. The number of aromatic amines is 1. The van der Waals surface area contributed by atoms with E-state index < -0.39 is 29.5 Å². The van der Waals surface area contributed by atoms with Crippen LogP contribution in [0.3, 0.4) is 0 Å². The lowest BCUT2D eigenvalue weighted by atomic mass is 10.2. The number of hydrogen-bond acceptors (Lipinski definition) is 5. The number of benzene rings is 1. The second-order valence-electron chi connectivity index (χ2n) is 4.30. The highest BCUT2D eigenvalue weighted by molar-refractivity contribution is 5.92. The average molecular weight is 309 g/mol. The number of H-pyrrole nitrogens is 1. The van der Waals surface area contributed by atoms with Crippen LogP contribution in [0.5, 0.6) is 11.5 Å². The molecule has 0 aliphatic carbocycles. The number of amides is 1. The maximum absolute atomic E-state index is 13.1. The van der Waals surface area contributed by atoms with Gasteiger partial charge in [0.15, 0.2) is 0 Å². The minimum absolute atomic E-state index is 0.0474. The van der Waals surface area contributed by atoms with Crippen LogP contribution in [0.15, 0.2) is 34.0 Å². The maximum atomic E-state index is 13.1. The van der Waals surface area contributed by atoms with Gasteiger partial charge in [-0.15, -0.1) is 0 Å². The van der Waals surface area contributed by atoms with E-state index in [0.29, 0.717) is 6.20 Å². The van der Waals surface area contributed by atoms with Crippen LogP contribution in [-0.4, -0.2) is 27.7 Å². The first-order valence-electron chi connectivity index (χ1n) is 6.07. The van der Waals surface area contributed by atoms with Crippen LogP contribution in [-0.2, 0) is 11.3 Å². The largest absolute Gasteiger partial charge is 0.508 e. The zero-order valence-electron chi connectivity index (χ0n) is 11.4. The highest BCUT2D eigenvalue weighted by Gasteiger charge is 2.11. The Morgan fingerprint density at radius 3 is 2.86 bits per heavy atom. The van der Waals surface area contributed by atoms with Gasteiger partial charge in [0.25, 0.3) is 5.56 Å². The molecule has 0 unspecified atom stereocenters. The highest BCUT2D eigenvalue weighted by Crippen LogP contribution is 2.28. The number of halogens is 1. The van der Waals surface area contributed by atoms with Crippen molar-refractivity contribution in [3.8, 4) is 11.5 Å². The molecule has 0 fully saturated rings. The van der Waals surface area contributed by atoms with E-state index in [4.69, 9.17) is 4.74 Å². The van der Waals surface area contributed by atoms with Gasteiger partial charge in [-0.2, -0.15) is 4.39 Å². The topological polar surface area (TPSA) is 113 Å². The van der Waals surface area contributed by atoms with Crippen molar-refractivity contribution in [2.24, 2.45) is 0 Å². The number of anilines is 1. The summed E-state index contributed by atoms with van der Waals surface area (Å²) in [4.78, 5) is 36.0. The van der Waals surface area contributed by atoms with Crippen molar-refractivity contribution in [1.82, 2.24) is 9.55 Å². The molecular formula is C13H12FN3O5. The van der Waals surface area contributed by atoms with Gasteiger partial charge in [-0.25, -0.2) is 4.79 Å². The summed E-state index contributed by atoms with van der Waals surface area (Å²) in [6.45, 7) is -0.503. The third kappa shape index (κ3) is 3.32. The smallest absolute Gasteiger partial charge is 0.328 e. The molecule has 0 bridgehead atoms. The Labute approximate surface area is 122 Å². The van der Waals surface area contributed by atoms with E-state index >= 15 is 0 Å². The summed E-state index contributed by atoms with van der Waals surface area (Å²) in [5.41, 5.74) is -1.79. The van der Waals surface area contributed by atoms with Crippen molar-refractivity contribution in [2.45, 2.75) is 6.54 Å². The van der Waals surface area contributed by atoms with E-state index in [0.717, 1.165) is 4.57 Å². The zero-order valence-corrected chi connectivity index (χ0v) is 11.4. The molecule has 1 amide bonds. The van der Waals surface area contributed by atoms with Crippen molar-refractivity contribution >= 4 is 11.6 Å². The predicted molar refractivity (Wildman–Crippen MR) is 74.6 cm³/mol. The fraction of sp³-hybridized carbons (Fsp3) is 0.154. The fourth-order valence-electron chi connectivity index (χ4n) is 1.73. The summed E-state index contributed by atoms with van der Waals surface area (Å²) in [5.74, 6) is -1.64. The Morgan fingerprint density at radius 2 is 2.18 bits per heavy atom. The van der Waals surface area contributed by atoms with Crippen molar-refractivity contribution in [1.29, 1.82) is 0 Å². The summed E-state index contributed by atoms with van der Waals surface area (Å²) in [5, 5.41) is 11.8. The molecule has 0 atom stereocenters. The van der Waals surface area contributed by atoms with E-state index in [9.17, 15) is 23.9 Å². The number of carbonyl (C=O) groups excluding carboxylic acids is 1. The molecule has 0 saturated carbocycles. The normalized spacial score (nSPS) is 10.3. The van der Waals surface area contributed by atoms with Crippen molar-refractivity contribution in [2.75, 3.05) is 12.4 Å². The molecule has 0 aliphatic rings. The van der Waals surface area contributed by atoms with Crippen LogP contribution in [0.25, 0.3) is 0 Å². The van der Waals surface area contributed by atoms with Gasteiger partial charge in [0.2, 0.25) is 11.7 Å². The second kappa shape index (κ2) is 6.12. The van der Waals surface area contributed by atoms with Crippen LogP contribution < -0.4 is 21.3 Å². The summed E-state index contributed by atoms with van der Waals surface area (Å²) in [7, 11) is 1.35. The number of hydrogen-bond donors (Lipinski definition) is 3. The summed E-state index contributed by atoms with van der Waals surface area (Å²) in [6.07, 6.45) is 0.648. The van der Waals surface area contributed by atoms with Crippen LogP contribution >= 0.6 is 0 Å². The van der Waals surface area contributed by atoms with Gasteiger partial charge in [-0.3, -0.25) is 19.1 Å². The summed E-state index contributed by atoms with van der Waals surface area (Å²) in [6, 6.07) is 4.04. The number of phenolic OH excluding ortho intramolecular Hbond substituents is 1. The van der Waals surface area contributed by atoms with Crippen LogP contribution in [0.2, 0.25) is 0 Å². The molecular weight excluding hydrogens is 297 g/mol. The number of aromatic nitrogens is 2. The highest BCUT2D eigenvalue weighted by atomic mass is 19.1. The van der Waals surface area contributed by atoms with Gasteiger partial charge in [-0.05, 0) is 12.1 Å². The minimum atomic E-state index is -1.17. The van der Waals surface area contributed by atoms with Crippen molar-refractivity contribution < 1.29 is 19.0 Å². The standard InChI is InChI=1S/C13H12FN3O5/c1-22-10-4-7(18)2-3-9(10)15-11(19)6-17-5-8(14)12(20)16-13(17)21/h2-5,18H,6H2,1H3,(H,15,19)(H,16,20,21). The lowest BCUT2D eigenvalue weighted by Crippen LogP contribution is -2.34. The van der Waals surface area contributed by atoms with Gasteiger partial charge >= 0.3 is 5.69 Å². The van der Waals surface area contributed by atoms with Crippen LogP contribution in [0.1, 0.15) is 0 Å². The number of rotatable bonds is 4. The quantitative estimate of drug-likeness (QED) is 0.690. The molecule has 3 N–H and O–H groups in total. The molecule has 1 aromatic carbocycles. The third-order valence-electron chi connectivity index (χ3n) is 2.74. The van der Waals surface area contributed by atoms with Gasteiger partial charge < -0.3 is 15.2 Å². The summed E-state index contributed by atoms with van der Waals surface area (Å²) >= 11 is 0. The molecule has 0 aliphatic heterocycles. The number of aromatic hydroxyl groups is 1. The van der Waals surface area contributed by atoms with Gasteiger partial charge in [0.05, 0.1) is 19.0 Å². The number of ether oxygens (including phenoxy) is 1. The number of carbonyl (C=O) groups is 1. The maximum Gasteiger partial charge on any atom is 0.328 e. The van der Waals surface area contributed by atoms with Crippen molar-refractivity contribution in [3.63, 3.8) is 0 Å². The fourth-order valence-corrected chi connectivity index (χ4v) is 1.73. The molecule has 1 aromatic heterocycles. The molecule has 9 heteroatoms. The Balaban J connectivity index is 2.19. The van der Waals surface area contributed by atoms with E-state index in [-0.39, 0.29) is 17.2 Å².